The first-order chi connectivity index (χ1) is 12.3. The molecule has 2 aliphatic heterocycles. The fourth-order valence-corrected chi connectivity index (χ4v) is 4.11. The van der Waals surface area contributed by atoms with Crippen LogP contribution < -0.4 is 4.90 Å². The molecular formula is C20H28N4O. The first kappa shape index (κ1) is 16.6. The van der Waals surface area contributed by atoms with E-state index in [1.165, 1.54) is 25.1 Å². The average molecular weight is 340 g/mol. The highest BCUT2D eigenvalue weighted by atomic mass is 16.5. The Bertz CT molecular complexity index is 663. The molecule has 2 aliphatic rings. The molecule has 0 amide bonds. The van der Waals surface area contributed by atoms with Gasteiger partial charge >= 0.3 is 0 Å². The number of aromatic nitrogens is 1. The van der Waals surface area contributed by atoms with Gasteiger partial charge in [-0.1, -0.05) is 23.4 Å². The third kappa shape index (κ3) is 3.88. The maximum Gasteiger partial charge on any atom is 0.133 e. The van der Waals surface area contributed by atoms with Gasteiger partial charge in [-0.15, -0.1) is 0 Å². The fraction of sp³-hybridized carbons (Fsp3) is 0.550. The van der Waals surface area contributed by atoms with E-state index in [0.717, 1.165) is 50.7 Å². The van der Waals surface area contributed by atoms with Crippen LogP contribution in [0.3, 0.4) is 0 Å². The lowest BCUT2D eigenvalue weighted by Gasteiger charge is -2.37. The van der Waals surface area contributed by atoms with E-state index in [4.69, 9.17) is 4.52 Å². The van der Waals surface area contributed by atoms with E-state index < -0.39 is 0 Å². The summed E-state index contributed by atoms with van der Waals surface area (Å²) in [6.45, 7) is 9.97. The number of benzene rings is 1. The van der Waals surface area contributed by atoms with E-state index >= 15 is 0 Å². The Morgan fingerprint density at radius 3 is 2.56 bits per heavy atom. The lowest BCUT2D eigenvalue weighted by molar-refractivity contribution is 0.183. The van der Waals surface area contributed by atoms with Crippen molar-refractivity contribution in [1.82, 2.24) is 15.0 Å². The zero-order valence-electron chi connectivity index (χ0n) is 15.1. The molecule has 1 aromatic carbocycles. The SMILES string of the molecule is Cc1cc([C@H]2CCCN2CCN2CCN(c3ccccc3)CC2)no1. The summed E-state index contributed by atoms with van der Waals surface area (Å²) in [5.74, 6) is 0.916. The molecule has 5 nitrogen and oxygen atoms in total. The van der Waals surface area contributed by atoms with E-state index in [1.807, 2.05) is 6.92 Å². The number of aryl methyl sites for hydroxylation is 1. The van der Waals surface area contributed by atoms with Gasteiger partial charge in [-0.25, -0.2) is 0 Å². The quantitative estimate of drug-likeness (QED) is 0.836. The number of rotatable bonds is 5. The minimum atomic E-state index is 0.447. The van der Waals surface area contributed by atoms with Crippen molar-refractivity contribution in [2.45, 2.75) is 25.8 Å². The monoisotopic (exact) mass is 340 g/mol. The van der Waals surface area contributed by atoms with E-state index in [9.17, 15) is 0 Å². The van der Waals surface area contributed by atoms with Gasteiger partial charge in [0, 0.05) is 51.0 Å². The van der Waals surface area contributed by atoms with E-state index in [0.29, 0.717) is 6.04 Å². The normalized spacial score (nSPS) is 22.6. The van der Waals surface area contributed by atoms with Crippen molar-refractivity contribution < 1.29 is 4.52 Å². The molecule has 4 rings (SSSR count). The zero-order valence-corrected chi connectivity index (χ0v) is 15.1. The molecule has 0 unspecified atom stereocenters. The molecule has 0 N–H and O–H groups in total. The lowest BCUT2D eigenvalue weighted by atomic mass is 10.1. The van der Waals surface area contributed by atoms with Gasteiger partial charge < -0.3 is 9.42 Å². The third-order valence-electron chi connectivity index (χ3n) is 5.55. The Kier molecular flexibility index (Phi) is 5.04. The average Bonchev–Trinajstić information content (AvgIpc) is 3.29. The maximum absolute atomic E-state index is 5.28. The van der Waals surface area contributed by atoms with Gasteiger partial charge in [-0.2, -0.15) is 0 Å². The molecule has 0 bridgehead atoms. The third-order valence-corrected chi connectivity index (χ3v) is 5.55. The highest BCUT2D eigenvalue weighted by Crippen LogP contribution is 2.31. The summed E-state index contributed by atoms with van der Waals surface area (Å²) in [4.78, 5) is 7.68. The van der Waals surface area contributed by atoms with Crippen molar-refractivity contribution in [3.63, 3.8) is 0 Å². The molecule has 1 atom stereocenters. The van der Waals surface area contributed by atoms with Crippen LogP contribution in [0, 0.1) is 6.92 Å². The molecule has 134 valence electrons. The Morgan fingerprint density at radius 2 is 1.84 bits per heavy atom. The number of para-hydroxylation sites is 1. The molecule has 5 heteroatoms. The van der Waals surface area contributed by atoms with Crippen LogP contribution in [0.2, 0.25) is 0 Å². The van der Waals surface area contributed by atoms with Crippen LogP contribution in [0.4, 0.5) is 5.69 Å². The van der Waals surface area contributed by atoms with Crippen molar-refractivity contribution in [2.75, 3.05) is 50.7 Å². The highest BCUT2D eigenvalue weighted by Gasteiger charge is 2.28. The number of hydrogen-bond donors (Lipinski definition) is 0. The van der Waals surface area contributed by atoms with Crippen molar-refractivity contribution in [2.24, 2.45) is 0 Å². The second kappa shape index (κ2) is 7.58. The minimum Gasteiger partial charge on any atom is -0.369 e. The molecule has 2 fully saturated rings. The summed E-state index contributed by atoms with van der Waals surface area (Å²) in [7, 11) is 0. The van der Waals surface area contributed by atoms with Gasteiger partial charge in [0.15, 0.2) is 0 Å². The molecule has 3 heterocycles. The van der Waals surface area contributed by atoms with E-state index in [1.54, 1.807) is 0 Å². The lowest BCUT2D eigenvalue weighted by Crippen LogP contribution is -2.48. The summed E-state index contributed by atoms with van der Waals surface area (Å²) in [5.41, 5.74) is 2.46. The number of anilines is 1. The Morgan fingerprint density at radius 1 is 1.04 bits per heavy atom. The summed E-state index contributed by atoms with van der Waals surface area (Å²) < 4.78 is 5.28. The van der Waals surface area contributed by atoms with Crippen molar-refractivity contribution in [3.05, 3.63) is 47.9 Å². The van der Waals surface area contributed by atoms with Crippen LogP contribution in [0.15, 0.2) is 40.9 Å². The highest BCUT2D eigenvalue weighted by molar-refractivity contribution is 5.46. The first-order valence-electron chi connectivity index (χ1n) is 9.49. The van der Waals surface area contributed by atoms with Crippen LogP contribution >= 0.6 is 0 Å². The largest absolute Gasteiger partial charge is 0.369 e. The smallest absolute Gasteiger partial charge is 0.133 e. The van der Waals surface area contributed by atoms with Gasteiger partial charge in [0.2, 0.25) is 0 Å². The standard InChI is InChI=1S/C20H28N4O/c1-17-16-19(21-25-17)20-8-5-9-24(20)15-12-22-10-13-23(14-11-22)18-6-3-2-4-7-18/h2-4,6-7,16,20H,5,8-15H2,1H3/t20-/m1/s1. The van der Waals surface area contributed by atoms with Gasteiger partial charge in [-0.05, 0) is 38.4 Å². The van der Waals surface area contributed by atoms with Crippen molar-refractivity contribution >= 4 is 5.69 Å². The van der Waals surface area contributed by atoms with Crippen molar-refractivity contribution in [1.29, 1.82) is 0 Å². The molecule has 2 saturated heterocycles. The van der Waals surface area contributed by atoms with Crippen LogP contribution in [0.5, 0.6) is 0 Å². The van der Waals surface area contributed by atoms with Gasteiger partial charge in [0.05, 0.1) is 6.04 Å². The molecule has 25 heavy (non-hydrogen) atoms. The zero-order chi connectivity index (χ0) is 17.1. The van der Waals surface area contributed by atoms with Gasteiger partial charge in [0.1, 0.15) is 11.5 Å². The Hall–Kier alpha value is -1.85. The Labute approximate surface area is 150 Å². The topological polar surface area (TPSA) is 35.8 Å². The summed E-state index contributed by atoms with van der Waals surface area (Å²) >= 11 is 0. The maximum atomic E-state index is 5.28. The molecule has 1 aromatic heterocycles. The summed E-state index contributed by atoms with van der Waals surface area (Å²) in [6.07, 6.45) is 2.46. The summed E-state index contributed by atoms with van der Waals surface area (Å²) in [6, 6.07) is 13.3. The molecule has 0 saturated carbocycles. The number of piperazine rings is 1. The summed E-state index contributed by atoms with van der Waals surface area (Å²) in [5, 5.41) is 4.25. The predicted molar refractivity (Wildman–Crippen MR) is 99.9 cm³/mol. The van der Waals surface area contributed by atoms with E-state index in [2.05, 4.69) is 56.3 Å². The first-order valence-corrected chi connectivity index (χ1v) is 9.49. The minimum absolute atomic E-state index is 0.447. The number of nitrogens with zero attached hydrogens (tertiary/aromatic N) is 4. The van der Waals surface area contributed by atoms with Gasteiger partial charge in [0.25, 0.3) is 0 Å². The van der Waals surface area contributed by atoms with Gasteiger partial charge in [-0.3, -0.25) is 9.80 Å². The Balaban J connectivity index is 1.26. The second-order valence-corrected chi connectivity index (χ2v) is 7.22. The van der Waals surface area contributed by atoms with E-state index in [-0.39, 0.29) is 0 Å². The van der Waals surface area contributed by atoms with Crippen LogP contribution in [0.1, 0.15) is 30.3 Å². The van der Waals surface area contributed by atoms with Crippen molar-refractivity contribution in [3.8, 4) is 0 Å². The van der Waals surface area contributed by atoms with Crippen LogP contribution in [-0.2, 0) is 0 Å². The molecular weight excluding hydrogens is 312 g/mol. The molecule has 0 aliphatic carbocycles. The molecule has 0 spiro atoms. The molecule has 2 aromatic rings. The van der Waals surface area contributed by atoms with Crippen LogP contribution in [0.25, 0.3) is 0 Å². The molecule has 0 radical (unpaired) electrons. The second-order valence-electron chi connectivity index (χ2n) is 7.22. The number of likely N-dealkylation sites (tertiary alicyclic amines) is 1. The fourth-order valence-electron chi connectivity index (χ4n) is 4.11. The predicted octanol–water partition coefficient (Wildman–Crippen LogP) is 2.94. The van der Waals surface area contributed by atoms with Crippen LogP contribution in [-0.4, -0.2) is 60.8 Å². The number of hydrogen-bond acceptors (Lipinski definition) is 5.